The van der Waals surface area contributed by atoms with Crippen LogP contribution in [0.2, 0.25) is 0 Å². The number of sulfone groups is 1. The third kappa shape index (κ3) is 4.17. The van der Waals surface area contributed by atoms with Crippen LogP contribution < -0.4 is 5.73 Å². The summed E-state index contributed by atoms with van der Waals surface area (Å²) in [5.74, 6) is 0.0174. The predicted molar refractivity (Wildman–Crippen MR) is 58.2 cm³/mol. The molecule has 1 heterocycles. The Morgan fingerprint density at radius 1 is 1.64 bits per heavy atom. The summed E-state index contributed by atoms with van der Waals surface area (Å²) in [6.07, 6.45) is 1.72. The zero-order valence-corrected chi connectivity index (χ0v) is 9.86. The van der Waals surface area contributed by atoms with Crippen LogP contribution in [-0.4, -0.2) is 31.5 Å². The molecule has 0 aliphatic heterocycles. The Morgan fingerprint density at radius 3 is 2.71 bits per heavy atom. The molecular weight excluding hydrogens is 220 g/mol. The van der Waals surface area contributed by atoms with E-state index in [-0.39, 0.29) is 11.8 Å². The third-order valence-corrected chi connectivity index (χ3v) is 3.51. The molecule has 14 heavy (non-hydrogen) atoms. The van der Waals surface area contributed by atoms with E-state index in [2.05, 4.69) is 4.98 Å². The fourth-order valence-electron chi connectivity index (χ4n) is 1.22. The number of rotatable bonds is 4. The van der Waals surface area contributed by atoms with Crippen LogP contribution in [0.25, 0.3) is 0 Å². The fraction of sp³-hybridized carbons (Fsp3) is 0.625. The molecule has 0 fully saturated rings. The van der Waals surface area contributed by atoms with Crippen molar-refractivity contribution in [3.8, 4) is 0 Å². The normalized spacial score (nSPS) is 14.2. The lowest BCUT2D eigenvalue weighted by Gasteiger charge is -2.07. The number of aromatic nitrogens is 1. The van der Waals surface area contributed by atoms with Gasteiger partial charge >= 0.3 is 0 Å². The Morgan fingerprint density at radius 2 is 2.29 bits per heavy atom. The second-order valence-corrected chi connectivity index (χ2v) is 6.66. The molecule has 0 saturated carbocycles. The molecular formula is C8H14N2O2S2. The van der Waals surface area contributed by atoms with E-state index in [1.54, 1.807) is 11.3 Å². The molecule has 2 N–H and O–H groups in total. The summed E-state index contributed by atoms with van der Waals surface area (Å²) in [7, 11) is -2.99. The van der Waals surface area contributed by atoms with E-state index in [4.69, 9.17) is 5.73 Å². The quantitative estimate of drug-likeness (QED) is 0.816. The van der Waals surface area contributed by atoms with Crippen molar-refractivity contribution >= 4 is 21.2 Å². The van der Waals surface area contributed by atoms with Gasteiger partial charge in [-0.15, -0.1) is 11.3 Å². The van der Waals surface area contributed by atoms with Crippen LogP contribution in [0.4, 0.5) is 0 Å². The Bertz CT molecular complexity index is 397. The lowest BCUT2D eigenvalue weighted by Crippen LogP contribution is -2.31. The lowest BCUT2D eigenvalue weighted by molar-refractivity contribution is 0.591. The summed E-state index contributed by atoms with van der Waals surface area (Å²) in [5.41, 5.74) is 6.56. The minimum Gasteiger partial charge on any atom is -0.326 e. The first-order valence-corrected chi connectivity index (χ1v) is 7.15. The number of hydrogen-bond acceptors (Lipinski definition) is 5. The molecule has 0 amide bonds. The Balaban J connectivity index is 2.53. The van der Waals surface area contributed by atoms with Gasteiger partial charge in [-0.2, -0.15) is 0 Å². The van der Waals surface area contributed by atoms with Crippen molar-refractivity contribution in [2.45, 2.75) is 19.4 Å². The molecule has 1 aromatic heterocycles. The Kier molecular flexibility index (Phi) is 3.63. The Hall–Kier alpha value is -0.460. The summed E-state index contributed by atoms with van der Waals surface area (Å²) in [6, 6.07) is -0.355. The van der Waals surface area contributed by atoms with Crippen molar-refractivity contribution in [3.63, 3.8) is 0 Å². The third-order valence-electron chi connectivity index (χ3n) is 1.65. The number of hydrogen-bond donors (Lipinski definition) is 1. The molecule has 0 spiro atoms. The van der Waals surface area contributed by atoms with Crippen molar-refractivity contribution < 1.29 is 8.42 Å². The van der Waals surface area contributed by atoms with E-state index in [1.807, 2.05) is 12.3 Å². The highest BCUT2D eigenvalue weighted by Gasteiger charge is 2.12. The van der Waals surface area contributed by atoms with Crippen molar-refractivity contribution in [1.82, 2.24) is 4.98 Å². The average molecular weight is 234 g/mol. The molecule has 0 aliphatic rings. The average Bonchev–Trinajstić information content (AvgIpc) is 2.30. The molecule has 6 heteroatoms. The van der Waals surface area contributed by atoms with E-state index in [9.17, 15) is 8.42 Å². The monoisotopic (exact) mass is 234 g/mol. The van der Waals surface area contributed by atoms with Gasteiger partial charge in [-0.25, -0.2) is 13.4 Å². The SMILES string of the molecule is Cc1nc(CC(N)CS(C)(=O)=O)cs1. The van der Waals surface area contributed by atoms with Gasteiger partial charge in [0.15, 0.2) is 0 Å². The van der Waals surface area contributed by atoms with Gasteiger partial charge in [-0.3, -0.25) is 0 Å². The maximum atomic E-state index is 10.9. The van der Waals surface area contributed by atoms with E-state index < -0.39 is 9.84 Å². The zero-order valence-electron chi connectivity index (χ0n) is 8.23. The van der Waals surface area contributed by atoms with Crippen molar-refractivity contribution in [2.24, 2.45) is 5.73 Å². The van der Waals surface area contributed by atoms with E-state index in [0.29, 0.717) is 6.42 Å². The number of nitrogens with two attached hydrogens (primary N) is 1. The highest BCUT2D eigenvalue weighted by atomic mass is 32.2. The van der Waals surface area contributed by atoms with E-state index in [0.717, 1.165) is 10.7 Å². The van der Waals surface area contributed by atoms with Crippen LogP contribution in [0.15, 0.2) is 5.38 Å². The molecule has 4 nitrogen and oxygen atoms in total. The smallest absolute Gasteiger partial charge is 0.148 e. The first-order chi connectivity index (χ1) is 6.37. The fourth-order valence-corrected chi connectivity index (χ4v) is 2.74. The maximum Gasteiger partial charge on any atom is 0.148 e. The largest absolute Gasteiger partial charge is 0.326 e. The molecule has 1 unspecified atom stereocenters. The van der Waals surface area contributed by atoms with E-state index in [1.165, 1.54) is 6.26 Å². The molecule has 80 valence electrons. The molecule has 1 atom stereocenters. The number of aryl methyl sites for hydroxylation is 1. The second kappa shape index (κ2) is 4.37. The Labute approximate surface area is 88.1 Å². The van der Waals surface area contributed by atoms with Gasteiger partial charge in [0.2, 0.25) is 0 Å². The second-order valence-electron chi connectivity index (χ2n) is 3.41. The van der Waals surface area contributed by atoms with Gasteiger partial charge in [0.1, 0.15) is 9.84 Å². The van der Waals surface area contributed by atoms with Gasteiger partial charge in [-0.1, -0.05) is 0 Å². The number of thiazole rings is 1. The highest BCUT2D eigenvalue weighted by molar-refractivity contribution is 7.90. The van der Waals surface area contributed by atoms with Crippen LogP contribution in [-0.2, 0) is 16.3 Å². The molecule has 0 bridgehead atoms. The molecule has 1 aromatic rings. The summed E-state index contributed by atoms with van der Waals surface area (Å²) in [4.78, 5) is 4.22. The zero-order chi connectivity index (χ0) is 10.8. The number of nitrogens with zero attached hydrogens (tertiary/aromatic N) is 1. The molecule has 0 aromatic carbocycles. The molecule has 0 radical (unpaired) electrons. The maximum absolute atomic E-state index is 10.9. The summed E-state index contributed by atoms with van der Waals surface area (Å²) in [5, 5.41) is 2.89. The van der Waals surface area contributed by atoms with Crippen LogP contribution in [0.5, 0.6) is 0 Å². The van der Waals surface area contributed by atoms with Gasteiger partial charge in [0.25, 0.3) is 0 Å². The summed E-state index contributed by atoms with van der Waals surface area (Å²) >= 11 is 1.55. The van der Waals surface area contributed by atoms with Crippen LogP contribution in [0.1, 0.15) is 10.7 Å². The standard InChI is InChI=1S/C8H14N2O2S2/c1-6-10-8(4-13-6)3-7(9)5-14(2,11)12/h4,7H,3,5,9H2,1-2H3. The minimum absolute atomic E-state index is 0.0174. The summed E-state index contributed by atoms with van der Waals surface area (Å²) in [6.45, 7) is 1.91. The lowest BCUT2D eigenvalue weighted by atomic mass is 10.2. The van der Waals surface area contributed by atoms with Gasteiger partial charge in [0.05, 0.1) is 16.5 Å². The first-order valence-electron chi connectivity index (χ1n) is 4.21. The van der Waals surface area contributed by atoms with Crippen LogP contribution >= 0.6 is 11.3 Å². The predicted octanol–water partition coefficient (Wildman–Crippen LogP) is 0.366. The highest BCUT2D eigenvalue weighted by Crippen LogP contribution is 2.09. The topological polar surface area (TPSA) is 73.0 Å². The first kappa shape index (κ1) is 11.6. The van der Waals surface area contributed by atoms with Gasteiger partial charge < -0.3 is 5.73 Å². The van der Waals surface area contributed by atoms with Gasteiger partial charge in [-0.05, 0) is 6.92 Å². The van der Waals surface area contributed by atoms with Crippen molar-refractivity contribution in [3.05, 3.63) is 16.1 Å². The van der Waals surface area contributed by atoms with Crippen LogP contribution in [0, 0.1) is 6.92 Å². The molecule has 1 rings (SSSR count). The molecule has 0 saturated heterocycles. The van der Waals surface area contributed by atoms with Crippen molar-refractivity contribution in [2.75, 3.05) is 12.0 Å². The van der Waals surface area contributed by atoms with Crippen molar-refractivity contribution in [1.29, 1.82) is 0 Å². The minimum atomic E-state index is -2.99. The van der Waals surface area contributed by atoms with E-state index >= 15 is 0 Å². The van der Waals surface area contributed by atoms with Crippen LogP contribution in [0.3, 0.4) is 0 Å². The molecule has 0 aliphatic carbocycles. The van der Waals surface area contributed by atoms with Gasteiger partial charge in [0, 0.05) is 24.1 Å². The summed E-state index contributed by atoms with van der Waals surface area (Å²) < 4.78 is 21.9.